The van der Waals surface area contributed by atoms with Gasteiger partial charge in [0.05, 0.1) is 12.8 Å². The van der Waals surface area contributed by atoms with Crippen molar-refractivity contribution >= 4 is 46.8 Å². The molecule has 6 heteroatoms. The molecule has 1 aliphatic heterocycles. The van der Waals surface area contributed by atoms with Crippen LogP contribution in [0.3, 0.4) is 0 Å². The highest BCUT2D eigenvalue weighted by atomic mass is 32.2. The molecule has 1 heterocycles. The van der Waals surface area contributed by atoms with Gasteiger partial charge in [-0.1, -0.05) is 48.5 Å². The minimum absolute atomic E-state index is 0.165. The molecule has 0 radical (unpaired) electrons. The van der Waals surface area contributed by atoms with Gasteiger partial charge in [-0.15, -0.1) is 11.8 Å². The van der Waals surface area contributed by atoms with Crippen LogP contribution in [0.15, 0.2) is 83.4 Å². The van der Waals surface area contributed by atoms with E-state index in [0.717, 1.165) is 33.9 Å². The summed E-state index contributed by atoms with van der Waals surface area (Å²) < 4.78 is 5.61. The Morgan fingerprint density at radius 1 is 1.06 bits per heavy atom. The Labute approximate surface area is 191 Å². The molecule has 0 bridgehead atoms. The van der Waals surface area contributed by atoms with Gasteiger partial charge >= 0.3 is 0 Å². The van der Waals surface area contributed by atoms with Crippen molar-refractivity contribution in [3.63, 3.8) is 0 Å². The lowest BCUT2D eigenvalue weighted by Gasteiger charge is -2.16. The Morgan fingerprint density at radius 3 is 2.55 bits per heavy atom. The third kappa shape index (κ3) is 4.65. The first-order chi connectivity index (χ1) is 15.1. The fraction of sp³-hybridized carbons (Fsp3) is 0.120. The number of methoxy groups -OCH3 is 1. The largest absolute Gasteiger partial charge is 0.496 e. The van der Waals surface area contributed by atoms with Crippen LogP contribution in [-0.2, 0) is 10.5 Å². The normalized spacial score (nSPS) is 14.8. The average molecular weight is 447 g/mol. The summed E-state index contributed by atoms with van der Waals surface area (Å²) in [6.07, 6.45) is 1.81. The van der Waals surface area contributed by atoms with Gasteiger partial charge in [0.25, 0.3) is 5.91 Å². The van der Waals surface area contributed by atoms with Gasteiger partial charge in [-0.2, -0.15) is 0 Å². The Morgan fingerprint density at radius 2 is 1.81 bits per heavy atom. The van der Waals surface area contributed by atoms with Crippen molar-refractivity contribution in [2.24, 2.45) is 0 Å². The molecular formula is C25H22N2O2S2. The number of amides is 1. The molecule has 4 rings (SSSR count). The summed E-state index contributed by atoms with van der Waals surface area (Å²) in [6.45, 7) is 1.96. The zero-order valence-corrected chi connectivity index (χ0v) is 18.9. The van der Waals surface area contributed by atoms with Crippen LogP contribution in [-0.4, -0.2) is 18.1 Å². The molecular weight excluding hydrogens is 424 g/mol. The molecule has 0 spiro atoms. The molecule has 3 aromatic rings. The van der Waals surface area contributed by atoms with E-state index in [2.05, 4.69) is 17.4 Å². The minimum Gasteiger partial charge on any atom is -0.496 e. The van der Waals surface area contributed by atoms with E-state index in [9.17, 15) is 4.79 Å². The SMILES string of the molecule is COc1cc(/C=C2/NC(=S)N(c3ccccc3C)C2=O)ccc1CSc1ccccc1. The van der Waals surface area contributed by atoms with Gasteiger partial charge in [0.15, 0.2) is 5.11 Å². The maximum atomic E-state index is 13.0. The highest BCUT2D eigenvalue weighted by Gasteiger charge is 2.32. The predicted molar refractivity (Wildman–Crippen MR) is 131 cm³/mol. The van der Waals surface area contributed by atoms with Gasteiger partial charge < -0.3 is 10.1 Å². The predicted octanol–water partition coefficient (Wildman–Crippen LogP) is 5.56. The number of aryl methyl sites for hydroxylation is 1. The molecule has 1 fully saturated rings. The topological polar surface area (TPSA) is 41.6 Å². The second-order valence-corrected chi connectivity index (χ2v) is 8.52. The lowest BCUT2D eigenvalue weighted by molar-refractivity contribution is -0.113. The number of rotatable bonds is 6. The molecule has 0 aromatic heterocycles. The van der Waals surface area contributed by atoms with Crippen molar-refractivity contribution in [3.8, 4) is 5.75 Å². The second kappa shape index (κ2) is 9.37. The lowest BCUT2D eigenvalue weighted by Crippen LogP contribution is -2.30. The Hall–Kier alpha value is -3.09. The summed E-state index contributed by atoms with van der Waals surface area (Å²) in [5.41, 5.74) is 4.20. The van der Waals surface area contributed by atoms with Crippen molar-refractivity contribution in [2.75, 3.05) is 12.0 Å². The number of thioether (sulfide) groups is 1. The number of nitrogens with zero attached hydrogens (tertiary/aromatic N) is 1. The number of hydrogen-bond donors (Lipinski definition) is 1. The fourth-order valence-electron chi connectivity index (χ4n) is 3.38. The van der Waals surface area contributed by atoms with Gasteiger partial charge in [0, 0.05) is 16.2 Å². The molecule has 3 aromatic carbocycles. The first-order valence-corrected chi connectivity index (χ1v) is 11.2. The monoisotopic (exact) mass is 446 g/mol. The Bertz CT molecular complexity index is 1160. The number of ether oxygens (including phenoxy) is 1. The van der Waals surface area contributed by atoms with Crippen LogP contribution in [0.4, 0.5) is 5.69 Å². The first-order valence-electron chi connectivity index (χ1n) is 9.84. The molecule has 156 valence electrons. The van der Waals surface area contributed by atoms with E-state index >= 15 is 0 Å². The van der Waals surface area contributed by atoms with Crippen LogP contribution in [0.2, 0.25) is 0 Å². The van der Waals surface area contributed by atoms with Crippen LogP contribution >= 0.6 is 24.0 Å². The van der Waals surface area contributed by atoms with Gasteiger partial charge in [0.1, 0.15) is 11.4 Å². The Kier molecular flexibility index (Phi) is 6.39. The number of hydrogen-bond acceptors (Lipinski definition) is 4. The zero-order valence-electron chi connectivity index (χ0n) is 17.3. The van der Waals surface area contributed by atoms with E-state index in [1.807, 2.05) is 73.7 Å². The van der Waals surface area contributed by atoms with Gasteiger partial charge in [0.2, 0.25) is 0 Å². The van der Waals surface area contributed by atoms with Crippen molar-refractivity contribution < 1.29 is 9.53 Å². The standard InChI is InChI=1S/C25H22N2O2S2/c1-17-8-6-7-11-22(17)27-24(28)21(26-25(27)30)14-18-12-13-19(23(15-18)29-2)16-31-20-9-4-3-5-10-20/h3-15H,16H2,1-2H3,(H,26,30)/b21-14+. The summed E-state index contributed by atoms with van der Waals surface area (Å²) >= 11 is 7.18. The van der Waals surface area contributed by atoms with E-state index in [1.165, 1.54) is 4.90 Å². The van der Waals surface area contributed by atoms with Crippen LogP contribution < -0.4 is 15.0 Å². The maximum Gasteiger partial charge on any atom is 0.281 e. The van der Waals surface area contributed by atoms with E-state index in [0.29, 0.717) is 10.8 Å². The van der Waals surface area contributed by atoms with Crippen molar-refractivity contribution in [2.45, 2.75) is 17.6 Å². The molecule has 1 amide bonds. The summed E-state index contributed by atoms with van der Waals surface area (Å²) in [5.74, 6) is 1.43. The molecule has 4 nitrogen and oxygen atoms in total. The number of para-hydroxylation sites is 1. The number of nitrogens with one attached hydrogen (secondary N) is 1. The van der Waals surface area contributed by atoms with Gasteiger partial charge in [-0.25, -0.2) is 0 Å². The number of carbonyl (C=O) groups excluding carboxylic acids is 1. The highest BCUT2D eigenvalue weighted by Crippen LogP contribution is 2.30. The summed E-state index contributed by atoms with van der Waals surface area (Å²) in [7, 11) is 1.66. The molecule has 1 aliphatic rings. The number of carbonyl (C=O) groups is 1. The smallest absolute Gasteiger partial charge is 0.281 e. The lowest BCUT2D eigenvalue weighted by atomic mass is 10.1. The van der Waals surface area contributed by atoms with Gasteiger partial charge in [-0.05, 0) is 60.6 Å². The summed E-state index contributed by atoms with van der Waals surface area (Å²) in [6, 6.07) is 23.9. The number of thiocarbonyl (C=S) groups is 1. The van der Waals surface area contributed by atoms with Crippen LogP contribution in [0.5, 0.6) is 5.75 Å². The van der Waals surface area contributed by atoms with E-state index in [4.69, 9.17) is 17.0 Å². The van der Waals surface area contributed by atoms with Crippen molar-refractivity contribution in [1.82, 2.24) is 5.32 Å². The summed E-state index contributed by atoms with van der Waals surface area (Å²) in [5, 5.41) is 3.43. The minimum atomic E-state index is -0.165. The van der Waals surface area contributed by atoms with Gasteiger partial charge in [-0.3, -0.25) is 9.69 Å². The van der Waals surface area contributed by atoms with E-state index in [1.54, 1.807) is 23.8 Å². The third-order valence-electron chi connectivity index (χ3n) is 4.99. The van der Waals surface area contributed by atoms with E-state index < -0.39 is 0 Å². The first kappa shape index (κ1) is 21.2. The van der Waals surface area contributed by atoms with Crippen molar-refractivity contribution in [1.29, 1.82) is 0 Å². The quantitative estimate of drug-likeness (QED) is 0.305. The molecule has 1 N–H and O–H groups in total. The third-order valence-corrected chi connectivity index (χ3v) is 6.34. The molecule has 0 aliphatic carbocycles. The number of benzene rings is 3. The number of anilines is 1. The van der Waals surface area contributed by atoms with Crippen LogP contribution in [0.1, 0.15) is 16.7 Å². The van der Waals surface area contributed by atoms with Crippen molar-refractivity contribution in [3.05, 3.63) is 95.2 Å². The average Bonchev–Trinajstić information content (AvgIpc) is 3.06. The second-order valence-electron chi connectivity index (χ2n) is 7.09. The molecule has 31 heavy (non-hydrogen) atoms. The summed E-state index contributed by atoms with van der Waals surface area (Å²) in [4.78, 5) is 15.8. The van der Waals surface area contributed by atoms with Crippen LogP contribution in [0.25, 0.3) is 6.08 Å². The molecule has 0 atom stereocenters. The molecule has 1 saturated heterocycles. The fourth-order valence-corrected chi connectivity index (χ4v) is 4.58. The Balaban J connectivity index is 1.55. The molecule has 0 saturated carbocycles. The van der Waals surface area contributed by atoms with E-state index in [-0.39, 0.29) is 5.91 Å². The zero-order chi connectivity index (χ0) is 21.8. The maximum absolute atomic E-state index is 13.0. The molecule has 0 unspecified atom stereocenters. The van der Waals surface area contributed by atoms with Crippen LogP contribution in [0, 0.1) is 6.92 Å². The highest BCUT2D eigenvalue weighted by molar-refractivity contribution is 7.98.